The first-order valence-corrected chi connectivity index (χ1v) is 7.54. The van der Waals surface area contributed by atoms with E-state index in [1.807, 2.05) is 4.90 Å². The number of ether oxygens (including phenoxy) is 1. The second-order valence-corrected chi connectivity index (χ2v) is 5.80. The van der Waals surface area contributed by atoms with Gasteiger partial charge in [-0.05, 0) is 64.3 Å². The molecule has 4 heteroatoms. The number of Topliss-reactive ketones (excluding diaryl/α,β-unsaturated/α-hetero) is 1. The number of ketones is 1. The van der Waals surface area contributed by atoms with Crippen molar-refractivity contribution < 1.29 is 14.3 Å². The Bertz CT molecular complexity index is 499. The minimum atomic E-state index is 0.0218. The lowest BCUT2D eigenvalue weighted by Gasteiger charge is -2.38. The first-order valence-electron chi connectivity index (χ1n) is 7.54. The van der Waals surface area contributed by atoms with E-state index in [2.05, 4.69) is 13.8 Å². The van der Waals surface area contributed by atoms with E-state index in [0.717, 1.165) is 12.8 Å². The Morgan fingerprint density at radius 3 is 2.24 bits per heavy atom. The summed E-state index contributed by atoms with van der Waals surface area (Å²) in [4.78, 5) is 25.5. The Labute approximate surface area is 126 Å². The normalized spacial score (nSPS) is 22.0. The molecule has 4 nitrogen and oxygen atoms in total. The van der Waals surface area contributed by atoms with Crippen LogP contribution in [0.2, 0.25) is 0 Å². The maximum Gasteiger partial charge on any atom is 0.260 e. The average molecular weight is 289 g/mol. The first kappa shape index (κ1) is 15.5. The molecule has 1 heterocycles. The molecule has 0 spiro atoms. The van der Waals surface area contributed by atoms with Gasteiger partial charge in [-0.3, -0.25) is 9.59 Å². The van der Waals surface area contributed by atoms with Crippen molar-refractivity contribution >= 4 is 11.7 Å². The highest BCUT2D eigenvalue weighted by atomic mass is 16.5. The number of hydrogen-bond acceptors (Lipinski definition) is 3. The molecule has 1 aromatic carbocycles. The van der Waals surface area contributed by atoms with Crippen molar-refractivity contribution in [1.29, 1.82) is 0 Å². The third-order valence-corrected chi connectivity index (χ3v) is 4.10. The van der Waals surface area contributed by atoms with Crippen molar-refractivity contribution in [3.8, 4) is 5.75 Å². The molecule has 21 heavy (non-hydrogen) atoms. The van der Waals surface area contributed by atoms with Crippen LogP contribution in [-0.2, 0) is 4.79 Å². The fourth-order valence-electron chi connectivity index (χ4n) is 2.92. The zero-order valence-electron chi connectivity index (χ0n) is 13.0. The number of likely N-dealkylation sites (tertiary alicyclic amines) is 1. The molecule has 1 aliphatic heterocycles. The van der Waals surface area contributed by atoms with Crippen molar-refractivity contribution in [2.75, 3.05) is 6.61 Å². The van der Waals surface area contributed by atoms with E-state index in [-0.39, 0.29) is 30.4 Å². The summed E-state index contributed by atoms with van der Waals surface area (Å²) in [7, 11) is 0. The topological polar surface area (TPSA) is 46.6 Å². The summed E-state index contributed by atoms with van der Waals surface area (Å²) in [6.45, 7) is 5.76. The first-order chi connectivity index (χ1) is 9.99. The summed E-state index contributed by atoms with van der Waals surface area (Å²) in [5.41, 5.74) is 0.645. The third kappa shape index (κ3) is 3.84. The van der Waals surface area contributed by atoms with Crippen molar-refractivity contribution in [2.24, 2.45) is 0 Å². The molecule has 0 aromatic heterocycles. The van der Waals surface area contributed by atoms with Gasteiger partial charge in [0.1, 0.15) is 5.75 Å². The Morgan fingerprint density at radius 1 is 1.14 bits per heavy atom. The predicted molar refractivity (Wildman–Crippen MR) is 81.6 cm³/mol. The van der Waals surface area contributed by atoms with Crippen LogP contribution in [0.1, 0.15) is 50.4 Å². The monoisotopic (exact) mass is 289 g/mol. The minimum absolute atomic E-state index is 0.0218. The summed E-state index contributed by atoms with van der Waals surface area (Å²) >= 11 is 0. The maximum absolute atomic E-state index is 12.3. The van der Waals surface area contributed by atoms with Crippen molar-refractivity contribution in [3.05, 3.63) is 29.8 Å². The van der Waals surface area contributed by atoms with Crippen LogP contribution >= 0.6 is 0 Å². The zero-order chi connectivity index (χ0) is 15.4. The van der Waals surface area contributed by atoms with Crippen LogP contribution in [0, 0.1) is 0 Å². The number of nitrogens with zero attached hydrogens (tertiary/aromatic N) is 1. The number of amides is 1. The van der Waals surface area contributed by atoms with Gasteiger partial charge in [0.2, 0.25) is 0 Å². The number of hydrogen-bond donors (Lipinski definition) is 0. The van der Waals surface area contributed by atoms with Gasteiger partial charge in [-0.1, -0.05) is 0 Å². The van der Waals surface area contributed by atoms with Crippen LogP contribution in [0.5, 0.6) is 5.75 Å². The van der Waals surface area contributed by atoms with Gasteiger partial charge in [-0.25, -0.2) is 0 Å². The number of carbonyl (C=O) groups is 2. The van der Waals surface area contributed by atoms with Gasteiger partial charge < -0.3 is 9.64 Å². The maximum atomic E-state index is 12.3. The molecule has 1 aromatic rings. The van der Waals surface area contributed by atoms with Crippen molar-refractivity contribution in [2.45, 2.75) is 52.1 Å². The SMILES string of the molecule is CC(=O)c1ccc(OCC(=O)N2C(C)CCCC2C)cc1. The fourth-order valence-corrected chi connectivity index (χ4v) is 2.92. The number of benzene rings is 1. The molecule has 1 aliphatic rings. The van der Waals surface area contributed by atoms with Gasteiger partial charge in [-0.15, -0.1) is 0 Å². The van der Waals surface area contributed by atoms with Gasteiger partial charge in [0.15, 0.2) is 12.4 Å². The summed E-state index contributed by atoms with van der Waals surface area (Å²) in [5.74, 6) is 0.671. The number of rotatable bonds is 4. The minimum Gasteiger partial charge on any atom is -0.484 e. The summed E-state index contributed by atoms with van der Waals surface area (Å²) in [6.07, 6.45) is 3.30. The van der Waals surface area contributed by atoms with Gasteiger partial charge in [0.05, 0.1) is 0 Å². The summed E-state index contributed by atoms with van der Waals surface area (Å²) in [6, 6.07) is 7.46. The van der Waals surface area contributed by atoms with Gasteiger partial charge >= 0.3 is 0 Å². The summed E-state index contributed by atoms with van der Waals surface area (Å²) < 4.78 is 5.55. The number of carbonyl (C=O) groups excluding carboxylic acids is 2. The van der Waals surface area contributed by atoms with E-state index in [1.165, 1.54) is 13.3 Å². The summed E-state index contributed by atoms with van der Waals surface area (Å²) in [5, 5.41) is 0. The molecule has 2 rings (SSSR count). The van der Waals surface area contributed by atoms with E-state index in [0.29, 0.717) is 11.3 Å². The largest absolute Gasteiger partial charge is 0.484 e. The van der Waals surface area contributed by atoms with Crippen LogP contribution in [0.4, 0.5) is 0 Å². The molecular formula is C17H23NO3. The second kappa shape index (κ2) is 6.74. The van der Waals surface area contributed by atoms with Crippen LogP contribution < -0.4 is 4.74 Å². The van der Waals surface area contributed by atoms with E-state index in [4.69, 9.17) is 4.74 Å². The van der Waals surface area contributed by atoms with Gasteiger partial charge in [0.25, 0.3) is 5.91 Å². The van der Waals surface area contributed by atoms with E-state index >= 15 is 0 Å². The van der Waals surface area contributed by atoms with Crippen molar-refractivity contribution in [1.82, 2.24) is 4.90 Å². The van der Waals surface area contributed by atoms with E-state index in [1.54, 1.807) is 24.3 Å². The van der Waals surface area contributed by atoms with Crippen LogP contribution in [-0.4, -0.2) is 35.3 Å². The molecule has 1 fully saturated rings. The highest BCUT2D eigenvalue weighted by Gasteiger charge is 2.28. The van der Waals surface area contributed by atoms with Gasteiger partial charge in [0, 0.05) is 17.6 Å². The van der Waals surface area contributed by atoms with Gasteiger partial charge in [-0.2, -0.15) is 0 Å². The molecule has 1 saturated heterocycles. The Balaban J connectivity index is 1.92. The lowest BCUT2D eigenvalue weighted by atomic mass is 9.97. The molecule has 0 N–H and O–H groups in total. The molecule has 114 valence electrons. The highest BCUT2D eigenvalue weighted by Crippen LogP contribution is 2.22. The van der Waals surface area contributed by atoms with Crippen molar-refractivity contribution in [3.63, 3.8) is 0 Å². The third-order valence-electron chi connectivity index (χ3n) is 4.10. The molecule has 0 aliphatic carbocycles. The quantitative estimate of drug-likeness (QED) is 0.800. The molecule has 2 atom stereocenters. The molecule has 1 amide bonds. The molecule has 0 saturated carbocycles. The highest BCUT2D eigenvalue weighted by molar-refractivity contribution is 5.94. The Kier molecular flexibility index (Phi) is 4.99. The lowest BCUT2D eigenvalue weighted by Crippen LogP contribution is -2.49. The number of piperidine rings is 1. The second-order valence-electron chi connectivity index (χ2n) is 5.80. The molecule has 0 bridgehead atoms. The predicted octanol–water partition coefficient (Wildman–Crippen LogP) is 3.06. The standard InChI is InChI=1S/C17H23NO3/c1-12-5-4-6-13(2)18(12)17(20)11-21-16-9-7-15(8-10-16)14(3)19/h7-10,12-13H,4-6,11H2,1-3H3. The molecule has 0 radical (unpaired) electrons. The molecule has 2 unspecified atom stereocenters. The Morgan fingerprint density at radius 2 is 1.71 bits per heavy atom. The van der Waals surface area contributed by atoms with Crippen LogP contribution in [0.3, 0.4) is 0 Å². The Hall–Kier alpha value is -1.84. The lowest BCUT2D eigenvalue weighted by molar-refractivity contribution is -0.139. The fraction of sp³-hybridized carbons (Fsp3) is 0.529. The molecular weight excluding hydrogens is 266 g/mol. The van der Waals surface area contributed by atoms with E-state index in [9.17, 15) is 9.59 Å². The average Bonchev–Trinajstić information content (AvgIpc) is 2.45. The van der Waals surface area contributed by atoms with Crippen LogP contribution in [0.15, 0.2) is 24.3 Å². The zero-order valence-corrected chi connectivity index (χ0v) is 13.0. The van der Waals surface area contributed by atoms with E-state index < -0.39 is 0 Å². The smallest absolute Gasteiger partial charge is 0.260 e. The van der Waals surface area contributed by atoms with Crippen LogP contribution in [0.25, 0.3) is 0 Å².